The van der Waals surface area contributed by atoms with E-state index in [1.807, 2.05) is 0 Å². The summed E-state index contributed by atoms with van der Waals surface area (Å²) in [7, 11) is 0. The molecular weight excluding hydrogens is 393 g/mol. The largest absolute Gasteiger partial charge is 0.474 e. The number of morpholine rings is 1. The number of hydrogen-bond donors (Lipinski definition) is 1. The van der Waals surface area contributed by atoms with Crippen molar-refractivity contribution in [3.8, 4) is 5.88 Å². The maximum absolute atomic E-state index is 13.3. The van der Waals surface area contributed by atoms with Gasteiger partial charge in [-0.25, -0.2) is 14.2 Å². The first kappa shape index (κ1) is 20.1. The number of rotatable bonds is 3. The first-order valence-electron chi connectivity index (χ1n) is 9.74. The Labute approximate surface area is 172 Å². The van der Waals surface area contributed by atoms with Gasteiger partial charge >= 0.3 is 6.09 Å². The predicted octanol–water partition coefficient (Wildman–Crippen LogP) is 2.55. The molecule has 0 bridgehead atoms. The number of nitrogens with zero attached hydrogens (tertiary/aromatic N) is 3. The van der Waals surface area contributed by atoms with Gasteiger partial charge in [0.15, 0.2) is 0 Å². The van der Waals surface area contributed by atoms with Gasteiger partial charge in [0.25, 0.3) is 5.91 Å². The van der Waals surface area contributed by atoms with Crippen LogP contribution in [0.1, 0.15) is 28.5 Å². The van der Waals surface area contributed by atoms with Gasteiger partial charge in [-0.3, -0.25) is 9.69 Å². The van der Waals surface area contributed by atoms with Crippen LogP contribution >= 0.6 is 0 Å². The second-order valence-electron chi connectivity index (χ2n) is 7.34. The third-order valence-corrected chi connectivity index (χ3v) is 5.22. The molecule has 8 nitrogen and oxygen atoms in total. The maximum Gasteiger partial charge on any atom is 0.412 e. The monoisotopic (exact) mass is 415 g/mol. The molecule has 4 rings (SSSR count). The molecule has 2 amide bonds. The minimum absolute atomic E-state index is 0.120. The van der Waals surface area contributed by atoms with Crippen LogP contribution in [0.3, 0.4) is 0 Å². The summed E-state index contributed by atoms with van der Waals surface area (Å²) in [5, 5.41) is 9.66. The lowest BCUT2D eigenvalue weighted by Gasteiger charge is -2.33. The molecule has 1 fully saturated rings. The second-order valence-corrected chi connectivity index (χ2v) is 7.34. The fourth-order valence-corrected chi connectivity index (χ4v) is 3.67. The number of aromatic nitrogens is 1. The molecule has 9 heteroatoms. The summed E-state index contributed by atoms with van der Waals surface area (Å²) in [6.07, 6.45) is -0.817. The fourth-order valence-electron chi connectivity index (χ4n) is 3.67. The molecular formula is C21H22FN3O5. The average molecular weight is 415 g/mol. The van der Waals surface area contributed by atoms with Gasteiger partial charge in [-0.15, -0.1) is 0 Å². The third-order valence-electron chi connectivity index (χ3n) is 5.22. The summed E-state index contributed by atoms with van der Waals surface area (Å²) in [6.45, 7) is 3.69. The molecule has 0 radical (unpaired) electrons. The van der Waals surface area contributed by atoms with Gasteiger partial charge in [-0.05, 0) is 42.7 Å². The van der Waals surface area contributed by atoms with Crippen LogP contribution in [0, 0.1) is 5.82 Å². The van der Waals surface area contributed by atoms with Crippen LogP contribution in [0.25, 0.3) is 0 Å². The normalized spacial score (nSPS) is 18.5. The molecule has 2 aliphatic heterocycles. The van der Waals surface area contributed by atoms with Crippen molar-refractivity contribution in [2.45, 2.75) is 19.4 Å². The van der Waals surface area contributed by atoms with Crippen LogP contribution in [0.5, 0.6) is 5.88 Å². The highest BCUT2D eigenvalue weighted by Gasteiger charge is 2.33. The summed E-state index contributed by atoms with van der Waals surface area (Å²) in [6, 6.07) is 7.20. The van der Waals surface area contributed by atoms with E-state index in [1.54, 1.807) is 30.0 Å². The van der Waals surface area contributed by atoms with E-state index < -0.39 is 12.1 Å². The molecule has 0 unspecified atom stereocenters. The summed E-state index contributed by atoms with van der Waals surface area (Å²) in [5.74, 6) is -0.497. The Morgan fingerprint density at radius 3 is 2.60 bits per heavy atom. The van der Waals surface area contributed by atoms with E-state index in [2.05, 4.69) is 4.98 Å². The van der Waals surface area contributed by atoms with E-state index in [-0.39, 0.29) is 29.9 Å². The SMILES string of the molecule is C[C@H]1COc2nc(C(=O)N3CCOCC3)c(Cc3ccc(F)cc3)cc2N1C(=O)O. The third kappa shape index (κ3) is 3.93. The zero-order chi connectivity index (χ0) is 21.3. The molecule has 1 aromatic heterocycles. The van der Waals surface area contributed by atoms with E-state index in [1.165, 1.54) is 17.0 Å². The summed E-state index contributed by atoms with van der Waals surface area (Å²) in [5.41, 5.74) is 1.85. The lowest BCUT2D eigenvalue weighted by Crippen LogP contribution is -2.45. The molecule has 3 heterocycles. The van der Waals surface area contributed by atoms with Crippen molar-refractivity contribution in [1.82, 2.24) is 9.88 Å². The molecule has 158 valence electrons. The Morgan fingerprint density at radius 2 is 1.93 bits per heavy atom. The van der Waals surface area contributed by atoms with Crippen molar-refractivity contribution in [1.29, 1.82) is 0 Å². The van der Waals surface area contributed by atoms with Gasteiger partial charge in [0.2, 0.25) is 5.88 Å². The topological polar surface area (TPSA) is 92.2 Å². The van der Waals surface area contributed by atoms with Gasteiger partial charge in [0.05, 0.1) is 19.3 Å². The second kappa shape index (κ2) is 8.27. The minimum atomic E-state index is -1.12. The maximum atomic E-state index is 13.3. The number of carbonyl (C=O) groups excluding carboxylic acids is 1. The van der Waals surface area contributed by atoms with E-state index in [0.717, 1.165) is 5.56 Å². The lowest BCUT2D eigenvalue weighted by molar-refractivity contribution is 0.0297. The number of halogens is 1. The van der Waals surface area contributed by atoms with Gasteiger partial charge < -0.3 is 19.5 Å². The number of pyridine rings is 1. The fraction of sp³-hybridized carbons (Fsp3) is 0.381. The highest BCUT2D eigenvalue weighted by Crippen LogP contribution is 2.35. The number of carboxylic acid groups (broad SMARTS) is 1. The molecule has 0 spiro atoms. The molecule has 2 aliphatic rings. The van der Waals surface area contributed by atoms with Crippen molar-refractivity contribution in [2.24, 2.45) is 0 Å². The van der Waals surface area contributed by atoms with Crippen LogP contribution < -0.4 is 9.64 Å². The lowest BCUT2D eigenvalue weighted by atomic mass is 10.0. The molecule has 2 aromatic rings. The Morgan fingerprint density at radius 1 is 1.23 bits per heavy atom. The van der Waals surface area contributed by atoms with Crippen molar-refractivity contribution in [2.75, 3.05) is 37.8 Å². The number of benzene rings is 1. The van der Waals surface area contributed by atoms with Crippen molar-refractivity contribution in [3.63, 3.8) is 0 Å². The molecule has 30 heavy (non-hydrogen) atoms. The van der Waals surface area contributed by atoms with Gasteiger partial charge in [-0.1, -0.05) is 12.1 Å². The zero-order valence-electron chi connectivity index (χ0n) is 16.5. The Bertz CT molecular complexity index is 960. The number of ether oxygens (including phenoxy) is 2. The Kier molecular flexibility index (Phi) is 5.54. The molecule has 1 N–H and O–H groups in total. The number of carbonyl (C=O) groups is 2. The summed E-state index contributed by atoms with van der Waals surface area (Å²) in [4.78, 5) is 32.3. The molecule has 0 saturated carbocycles. The highest BCUT2D eigenvalue weighted by atomic mass is 19.1. The smallest absolute Gasteiger partial charge is 0.412 e. The molecule has 1 atom stereocenters. The van der Waals surface area contributed by atoms with Crippen LogP contribution in [0.4, 0.5) is 14.9 Å². The first-order chi connectivity index (χ1) is 14.4. The zero-order valence-corrected chi connectivity index (χ0v) is 16.5. The summed E-state index contributed by atoms with van der Waals surface area (Å²) >= 11 is 0. The minimum Gasteiger partial charge on any atom is -0.474 e. The van der Waals surface area contributed by atoms with Crippen LogP contribution in [-0.2, 0) is 11.2 Å². The van der Waals surface area contributed by atoms with Crippen LogP contribution in [0.2, 0.25) is 0 Å². The van der Waals surface area contributed by atoms with Gasteiger partial charge in [-0.2, -0.15) is 0 Å². The predicted molar refractivity (Wildman–Crippen MR) is 106 cm³/mol. The van der Waals surface area contributed by atoms with E-state index >= 15 is 0 Å². The highest BCUT2D eigenvalue weighted by molar-refractivity contribution is 5.96. The Balaban J connectivity index is 1.78. The summed E-state index contributed by atoms with van der Waals surface area (Å²) < 4.78 is 24.3. The molecule has 0 aliphatic carbocycles. The number of anilines is 1. The number of fused-ring (bicyclic) bond motifs is 1. The average Bonchev–Trinajstić information content (AvgIpc) is 2.74. The number of hydrogen-bond acceptors (Lipinski definition) is 5. The molecule has 1 aromatic carbocycles. The van der Waals surface area contributed by atoms with E-state index in [4.69, 9.17) is 9.47 Å². The van der Waals surface area contributed by atoms with Gasteiger partial charge in [0.1, 0.15) is 23.8 Å². The van der Waals surface area contributed by atoms with Crippen molar-refractivity contribution >= 4 is 17.7 Å². The van der Waals surface area contributed by atoms with E-state index in [9.17, 15) is 19.1 Å². The molecule has 1 saturated heterocycles. The number of amides is 2. The van der Waals surface area contributed by atoms with Crippen LogP contribution in [0.15, 0.2) is 30.3 Å². The van der Waals surface area contributed by atoms with Crippen LogP contribution in [-0.4, -0.2) is 65.9 Å². The Hall–Kier alpha value is -3.20. The first-order valence-corrected chi connectivity index (χ1v) is 9.74. The quantitative estimate of drug-likeness (QED) is 0.828. The standard InChI is InChI=1S/C21H22FN3O5/c1-13-12-30-19-17(25(13)21(27)28)11-15(10-14-2-4-16(22)5-3-14)18(23-19)20(26)24-6-8-29-9-7-24/h2-5,11,13H,6-10,12H2,1H3,(H,27,28)/t13-/m0/s1. The van der Waals surface area contributed by atoms with Crippen molar-refractivity contribution < 1.29 is 28.6 Å². The van der Waals surface area contributed by atoms with E-state index in [0.29, 0.717) is 44.0 Å². The van der Waals surface area contributed by atoms with Gasteiger partial charge in [0, 0.05) is 13.1 Å². The van der Waals surface area contributed by atoms with Crippen molar-refractivity contribution in [3.05, 3.63) is 53.0 Å².